The van der Waals surface area contributed by atoms with Gasteiger partial charge in [0, 0.05) is 43.4 Å². The van der Waals surface area contributed by atoms with E-state index in [2.05, 4.69) is 34.5 Å². The van der Waals surface area contributed by atoms with Gasteiger partial charge in [0.15, 0.2) is 0 Å². The van der Waals surface area contributed by atoms with Crippen molar-refractivity contribution in [2.24, 2.45) is 0 Å². The van der Waals surface area contributed by atoms with Crippen molar-refractivity contribution in [2.45, 2.75) is 11.0 Å². The zero-order chi connectivity index (χ0) is 14.0. The van der Waals surface area contributed by atoms with Crippen LogP contribution in [0.1, 0.15) is 0 Å². The maximum atomic E-state index is 9.97. The number of aliphatic hydroxyl groups excluding tert-OH is 1. The van der Waals surface area contributed by atoms with Crippen molar-refractivity contribution >= 4 is 11.8 Å². The van der Waals surface area contributed by atoms with Crippen molar-refractivity contribution < 1.29 is 9.84 Å². The average Bonchev–Trinajstić information content (AvgIpc) is 2.49. The van der Waals surface area contributed by atoms with Crippen molar-refractivity contribution in [1.82, 2.24) is 10.2 Å². The van der Waals surface area contributed by atoms with Crippen LogP contribution in [0.2, 0.25) is 0 Å². The van der Waals surface area contributed by atoms with Gasteiger partial charge in [0.05, 0.1) is 19.3 Å². The van der Waals surface area contributed by atoms with E-state index in [9.17, 15) is 5.11 Å². The fourth-order valence-electron chi connectivity index (χ4n) is 2.17. The molecule has 1 unspecified atom stereocenters. The minimum absolute atomic E-state index is 0.296. The van der Waals surface area contributed by atoms with Crippen molar-refractivity contribution in [2.75, 3.05) is 51.7 Å². The number of hydrogen-bond donors (Lipinski definition) is 2. The molecule has 1 aromatic rings. The third kappa shape index (κ3) is 6.24. The number of thioether (sulfide) groups is 1. The van der Waals surface area contributed by atoms with E-state index in [-0.39, 0.29) is 6.10 Å². The number of ether oxygens (including phenoxy) is 1. The van der Waals surface area contributed by atoms with Crippen LogP contribution in [-0.2, 0) is 4.74 Å². The molecule has 112 valence electrons. The SMILES string of the molecule is OC(CNCCSc1ccccc1)CN1CCOCC1. The van der Waals surface area contributed by atoms with Gasteiger partial charge >= 0.3 is 0 Å². The van der Waals surface area contributed by atoms with Gasteiger partial charge < -0.3 is 15.2 Å². The molecule has 0 bridgehead atoms. The Morgan fingerprint density at radius 1 is 1.25 bits per heavy atom. The molecule has 0 aliphatic carbocycles. The summed E-state index contributed by atoms with van der Waals surface area (Å²) in [6.07, 6.45) is -0.296. The summed E-state index contributed by atoms with van der Waals surface area (Å²) in [5, 5.41) is 13.3. The number of nitrogens with one attached hydrogen (secondary N) is 1. The highest BCUT2D eigenvalue weighted by Crippen LogP contribution is 2.15. The van der Waals surface area contributed by atoms with Gasteiger partial charge in [0.2, 0.25) is 0 Å². The van der Waals surface area contributed by atoms with Gasteiger partial charge in [-0.2, -0.15) is 0 Å². The lowest BCUT2D eigenvalue weighted by molar-refractivity contribution is 0.0150. The van der Waals surface area contributed by atoms with Crippen molar-refractivity contribution in [3.05, 3.63) is 30.3 Å². The molecule has 1 aromatic carbocycles. The second-order valence-corrected chi connectivity index (χ2v) is 6.10. The van der Waals surface area contributed by atoms with Crippen LogP contribution in [0, 0.1) is 0 Å². The van der Waals surface area contributed by atoms with Crippen LogP contribution < -0.4 is 5.32 Å². The molecule has 20 heavy (non-hydrogen) atoms. The highest BCUT2D eigenvalue weighted by molar-refractivity contribution is 7.99. The Morgan fingerprint density at radius 3 is 2.75 bits per heavy atom. The average molecular weight is 296 g/mol. The summed E-state index contributed by atoms with van der Waals surface area (Å²) in [7, 11) is 0. The van der Waals surface area contributed by atoms with E-state index in [1.165, 1.54) is 4.90 Å². The quantitative estimate of drug-likeness (QED) is 0.555. The van der Waals surface area contributed by atoms with Gasteiger partial charge in [-0.15, -0.1) is 11.8 Å². The molecule has 2 N–H and O–H groups in total. The Hall–Kier alpha value is -0.590. The zero-order valence-corrected chi connectivity index (χ0v) is 12.6. The lowest BCUT2D eigenvalue weighted by Crippen LogP contribution is -2.44. The van der Waals surface area contributed by atoms with E-state index >= 15 is 0 Å². The zero-order valence-electron chi connectivity index (χ0n) is 11.8. The fraction of sp³-hybridized carbons (Fsp3) is 0.600. The molecule has 2 rings (SSSR count). The number of β-amino-alcohol motifs (C(OH)–C–C–N with tert-alkyl or cyclic N) is 1. The molecule has 0 aromatic heterocycles. The minimum atomic E-state index is -0.296. The Bertz CT molecular complexity index is 358. The summed E-state index contributed by atoms with van der Waals surface area (Å²) in [5.74, 6) is 1.02. The molecule has 0 saturated carbocycles. The van der Waals surface area contributed by atoms with E-state index in [0.717, 1.165) is 45.1 Å². The van der Waals surface area contributed by atoms with Crippen molar-refractivity contribution in [3.8, 4) is 0 Å². The highest BCUT2D eigenvalue weighted by Gasteiger charge is 2.14. The lowest BCUT2D eigenvalue weighted by Gasteiger charge is -2.28. The predicted molar refractivity (Wildman–Crippen MR) is 83.3 cm³/mol. The molecule has 1 atom stereocenters. The van der Waals surface area contributed by atoms with Gasteiger partial charge in [0.1, 0.15) is 0 Å². The lowest BCUT2D eigenvalue weighted by atomic mass is 10.3. The summed E-state index contributed by atoms with van der Waals surface area (Å²) < 4.78 is 5.29. The molecule has 4 nitrogen and oxygen atoms in total. The molecule has 1 heterocycles. The molecule has 1 fully saturated rings. The van der Waals surface area contributed by atoms with Gasteiger partial charge in [-0.3, -0.25) is 4.90 Å². The van der Waals surface area contributed by atoms with Crippen LogP contribution in [0.4, 0.5) is 0 Å². The van der Waals surface area contributed by atoms with Gasteiger partial charge in [-0.25, -0.2) is 0 Å². The normalized spacial score (nSPS) is 18.1. The van der Waals surface area contributed by atoms with E-state index in [4.69, 9.17) is 4.74 Å². The molecule has 0 spiro atoms. The van der Waals surface area contributed by atoms with E-state index in [1.807, 2.05) is 17.8 Å². The topological polar surface area (TPSA) is 44.7 Å². The predicted octanol–water partition coefficient (Wildman–Crippen LogP) is 1.06. The number of benzene rings is 1. The third-order valence-corrected chi connectivity index (χ3v) is 4.26. The summed E-state index contributed by atoms with van der Waals surface area (Å²) in [6.45, 7) is 5.75. The molecular formula is C15H24N2O2S. The minimum Gasteiger partial charge on any atom is -0.390 e. The number of rotatable bonds is 8. The smallest absolute Gasteiger partial charge is 0.0791 e. The summed E-state index contributed by atoms with van der Waals surface area (Å²) in [4.78, 5) is 3.55. The maximum absolute atomic E-state index is 9.97. The maximum Gasteiger partial charge on any atom is 0.0791 e. The van der Waals surface area contributed by atoms with Gasteiger partial charge in [-0.1, -0.05) is 18.2 Å². The van der Waals surface area contributed by atoms with Crippen LogP contribution in [0.15, 0.2) is 35.2 Å². The molecule has 1 aliphatic rings. The van der Waals surface area contributed by atoms with Crippen LogP contribution in [0.3, 0.4) is 0 Å². The van der Waals surface area contributed by atoms with E-state index < -0.39 is 0 Å². The first-order chi connectivity index (χ1) is 9.84. The largest absolute Gasteiger partial charge is 0.390 e. The molecule has 1 aliphatic heterocycles. The Kier molecular flexibility index (Phi) is 7.39. The molecule has 1 saturated heterocycles. The highest BCUT2D eigenvalue weighted by atomic mass is 32.2. The number of nitrogens with zero attached hydrogens (tertiary/aromatic N) is 1. The molecule has 0 amide bonds. The van der Waals surface area contributed by atoms with E-state index in [0.29, 0.717) is 6.54 Å². The van der Waals surface area contributed by atoms with Crippen LogP contribution in [-0.4, -0.2) is 67.8 Å². The summed E-state index contributed by atoms with van der Waals surface area (Å²) >= 11 is 1.84. The summed E-state index contributed by atoms with van der Waals surface area (Å²) in [5.41, 5.74) is 0. The van der Waals surface area contributed by atoms with Crippen molar-refractivity contribution in [1.29, 1.82) is 0 Å². The first-order valence-corrected chi connectivity index (χ1v) is 8.20. The molecule has 5 heteroatoms. The van der Waals surface area contributed by atoms with Crippen LogP contribution in [0.25, 0.3) is 0 Å². The third-order valence-electron chi connectivity index (χ3n) is 3.24. The van der Waals surface area contributed by atoms with Crippen LogP contribution >= 0.6 is 11.8 Å². The standard InChI is InChI=1S/C15H24N2O2S/c18-14(13-17-7-9-19-10-8-17)12-16-6-11-20-15-4-2-1-3-5-15/h1-5,14,16,18H,6-13H2. The Balaban J connectivity index is 1.50. The second-order valence-electron chi connectivity index (χ2n) is 4.93. The first-order valence-electron chi connectivity index (χ1n) is 7.21. The number of aliphatic hydroxyl groups is 1. The number of hydrogen-bond acceptors (Lipinski definition) is 5. The monoisotopic (exact) mass is 296 g/mol. The van der Waals surface area contributed by atoms with Crippen molar-refractivity contribution in [3.63, 3.8) is 0 Å². The second kappa shape index (κ2) is 9.37. The van der Waals surface area contributed by atoms with Gasteiger partial charge in [-0.05, 0) is 12.1 Å². The van der Waals surface area contributed by atoms with Gasteiger partial charge in [0.25, 0.3) is 0 Å². The number of morpholine rings is 1. The Labute approximate surface area is 125 Å². The van der Waals surface area contributed by atoms with Crippen LogP contribution in [0.5, 0.6) is 0 Å². The molecule has 0 radical (unpaired) electrons. The molecular weight excluding hydrogens is 272 g/mol. The first kappa shape index (κ1) is 15.8. The van der Waals surface area contributed by atoms with E-state index in [1.54, 1.807) is 0 Å². The summed E-state index contributed by atoms with van der Waals surface area (Å²) in [6, 6.07) is 10.4. The Morgan fingerprint density at radius 2 is 2.00 bits per heavy atom. The fourth-order valence-corrected chi connectivity index (χ4v) is 3.00.